The lowest BCUT2D eigenvalue weighted by atomic mass is 10.2. The predicted octanol–water partition coefficient (Wildman–Crippen LogP) is 1.91. The Labute approximate surface area is 128 Å². The van der Waals surface area contributed by atoms with Crippen LogP contribution < -0.4 is 4.80 Å². The van der Waals surface area contributed by atoms with Crippen LogP contribution in [0.4, 0.5) is 4.79 Å². The Morgan fingerprint density at radius 3 is 2.71 bits per heavy atom. The molecule has 2 heterocycles. The maximum atomic E-state index is 12.3. The Morgan fingerprint density at radius 1 is 1.43 bits per heavy atom. The van der Waals surface area contributed by atoms with Gasteiger partial charge >= 0.3 is 6.09 Å². The van der Waals surface area contributed by atoms with E-state index in [0.29, 0.717) is 17.8 Å². The molecular weight excluding hydrogens is 290 g/mol. The number of hydrogen-bond acceptors (Lipinski definition) is 4. The number of hydrogen-bond donors (Lipinski definition) is 0. The van der Waals surface area contributed by atoms with Crippen LogP contribution in [0.1, 0.15) is 33.6 Å². The molecule has 1 aromatic heterocycles. The summed E-state index contributed by atoms with van der Waals surface area (Å²) in [7, 11) is 1.84. The molecule has 7 heteroatoms. The van der Waals surface area contributed by atoms with Crippen molar-refractivity contribution < 1.29 is 14.3 Å². The van der Waals surface area contributed by atoms with E-state index >= 15 is 0 Å². The van der Waals surface area contributed by atoms with Gasteiger partial charge in [-0.25, -0.2) is 4.79 Å². The maximum Gasteiger partial charge on any atom is 0.410 e. The van der Waals surface area contributed by atoms with E-state index in [9.17, 15) is 9.59 Å². The van der Waals surface area contributed by atoms with Crippen LogP contribution in [0, 0.1) is 0 Å². The molecule has 21 heavy (non-hydrogen) atoms. The molecule has 0 aromatic carbocycles. The van der Waals surface area contributed by atoms with E-state index in [0.717, 1.165) is 6.42 Å². The van der Waals surface area contributed by atoms with Crippen molar-refractivity contribution in [3.05, 3.63) is 16.4 Å². The summed E-state index contributed by atoms with van der Waals surface area (Å²) in [6, 6.07) is -0.512. The van der Waals surface area contributed by atoms with Gasteiger partial charge < -0.3 is 9.30 Å². The quantitative estimate of drug-likeness (QED) is 0.796. The Morgan fingerprint density at radius 2 is 2.14 bits per heavy atom. The molecule has 1 aliphatic rings. The van der Waals surface area contributed by atoms with Gasteiger partial charge in [-0.2, -0.15) is 4.99 Å². The van der Waals surface area contributed by atoms with Crippen LogP contribution in [0.2, 0.25) is 0 Å². The van der Waals surface area contributed by atoms with Crippen LogP contribution in [0.3, 0.4) is 0 Å². The van der Waals surface area contributed by atoms with Gasteiger partial charge in [0.05, 0.1) is 0 Å². The monoisotopic (exact) mass is 311 g/mol. The first kappa shape index (κ1) is 15.8. The van der Waals surface area contributed by atoms with Gasteiger partial charge in [0.2, 0.25) is 0 Å². The van der Waals surface area contributed by atoms with Crippen molar-refractivity contribution >= 4 is 23.3 Å². The van der Waals surface area contributed by atoms with Gasteiger partial charge in [-0.3, -0.25) is 9.69 Å². The van der Waals surface area contributed by atoms with E-state index in [1.807, 2.05) is 39.4 Å². The average Bonchev–Trinajstić information content (AvgIpc) is 2.96. The van der Waals surface area contributed by atoms with Crippen LogP contribution in [0.25, 0.3) is 0 Å². The van der Waals surface area contributed by atoms with Crippen molar-refractivity contribution in [2.45, 2.75) is 45.3 Å². The van der Waals surface area contributed by atoms with E-state index < -0.39 is 17.7 Å². The number of nitrogens with zero attached hydrogens (tertiary/aromatic N) is 3. The van der Waals surface area contributed by atoms with Crippen LogP contribution in [-0.2, 0) is 16.6 Å². The highest BCUT2D eigenvalue weighted by molar-refractivity contribution is 7.07. The van der Waals surface area contributed by atoms with Crippen molar-refractivity contribution in [3.63, 3.8) is 0 Å². The second kappa shape index (κ2) is 6.01. The first-order valence-electron chi connectivity index (χ1n) is 6.96. The maximum absolute atomic E-state index is 12.3. The minimum absolute atomic E-state index is 0.281. The second-order valence-corrected chi connectivity index (χ2v) is 6.95. The average molecular weight is 311 g/mol. The number of amides is 2. The van der Waals surface area contributed by atoms with Crippen molar-refractivity contribution in [1.29, 1.82) is 0 Å². The standard InChI is InChI=1S/C14H21N3O3S/c1-14(2,3)20-13(19)17-7-5-6-10(17)11(18)15-12-16(4)8-9-21-12/h8-10H,5-7H2,1-4H3/t10-/m0/s1. The zero-order valence-electron chi connectivity index (χ0n) is 12.8. The van der Waals surface area contributed by atoms with E-state index in [1.165, 1.54) is 16.2 Å². The van der Waals surface area contributed by atoms with E-state index in [2.05, 4.69) is 4.99 Å². The highest BCUT2D eigenvalue weighted by Crippen LogP contribution is 2.21. The smallest absolute Gasteiger partial charge is 0.410 e. The first-order chi connectivity index (χ1) is 9.78. The van der Waals surface area contributed by atoms with Gasteiger partial charge in [0.25, 0.3) is 5.91 Å². The number of carbonyl (C=O) groups excluding carboxylic acids is 2. The van der Waals surface area contributed by atoms with Gasteiger partial charge in [-0.05, 0) is 33.6 Å². The molecule has 1 atom stereocenters. The molecule has 116 valence electrons. The SMILES string of the molecule is Cn1ccsc1=NC(=O)[C@@H]1CCCN1C(=O)OC(C)(C)C. The third-order valence-electron chi connectivity index (χ3n) is 3.13. The third-order valence-corrected chi connectivity index (χ3v) is 3.98. The summed E-state index contributed by atoms with van der Waals surface area (Å²) in [5.74, 6) is -0.281. The summed E-state index contributed by atoms with van der Waals surface area (Å²) in [6.45, 7) is 5.98. The molecule has 1 fully saturated rings. The number of carbonyl (C=O) groups is 2. The molecule has 0 N–H and O–H groups in total. The normalized spacial score (nSPS) is 19.9. The van der Waals surface area contributed by atoms with Crippen molar-refractivity contribution in [1.82, 2.24) is 9.47 Å². The van der Waals surface area contributed by atoms with Crippen molar-refractivity contribution in [2.24, 2.45) is 12.0 Å². The Kier molecular flexibility index (Phi) is 4.51. The van der Waals surface area contributed by atoms with Crippen LogP contribution in [0.5, 0.6) is 0 Å². The minimum Gasteiger partial charge on any atom is -0.444 e. The zero-order chi connectivity index (χ0) is 15.6. The Bertz CT molecular complexity index is 597. The van der Waals surface area contributed by atoms with Gasteiger partial charge in [0, 0.05) is 25.2 Å². The number of aryl methyl sites for hydroxylation is 1. The largest absolute Gasteiger partial charge is 0.444 e. The van der Waals surface area contributed by atoms with E-state index in [1.54, 1.807) is 4.57 Å². The Hall–Kier alpha value is -1.63. The number of thiazole rings is 1. The number of likely N-dealkylation sites (tertiary alicyclic amines) is 1. The molecule has 0 saturated carbocycles. The molecule has 1 aliphatic heterocycles. The molecule has 1 saturated heterocycles. The summed E-state index contributed by atoms with van der Waals surface area (Å²) in [6.07, 6.45) is 2.83. The lowest BCUT2D eigenvalue weighted by molar-refractivity contribution is -0.122. The third kappa shape index (κ3) is 3.93. The molecule has 0 radical (unpaired) electrons. The van der Waals surface area contributed by atoms with E-state index in [4.69, 9.17) is 4.74 Å². The van der Waals surface area contributed by atoms with Gasteiger partial charge in [-0.1, -0.05) is 0 Å². The highest BCUT2D eigenvalue weighted by atomic mass is 32.1. The fraction of sp³-hybridized carbons (Fsp3) is 0.643. The number of ether oxygens (including phenoxy) is 1. The van der Waals surface area contributed by atoms with E-state index in [-0.39, 0.29) is 5.91 Å². The van der Waals surface area contributed by atoms with Crippen LogP contribution in [0.15, 0.2) is 16.6 Å². The topological polar surface area (TPSA) is 63.9 Å². The summed E-state index contributed by atoms with van der Waals surface area (Å²) in [5.41, 5.74) is -0.565. The number of rotatable bonds is 1. The highest BCUT2D eigenvalue weighted by Gasteiger charge is 2.36. The molecule has 0 aliphatic carbocycles. The van der Waals surface area contributed by atoms with Crippen LogP contribution >= 0.6 is 11.3 Å². The molecule has 1 aromatic rings. The Balaban J connectivity index is 2.14. The van der Waals surface area contributed by atoms with Gasteiger partial charge in [-0.15, -0.1) is 11.3 Å². The fourth-order valence-electron chi connectivity index (χ4n) is 2.17. The van der Waals surface area contributed by atoms with Crippen molar-refractivity contribution in [2.75, 3.05) is 6.54 Å². The molecule has 0 bridgehead atoms. The molecule has 2 rings (SSSR count). The lowest BCUT2D eigenvalue weighted by Crippen LogP contribution is -2.43. The fourth-order valence-corrected chi connectivity index (χ4v) is 2.90. The minimum atomic E-state index is -0.565. The number of aromatic nitrogens is 1. The summed E-state index contributed by atoms with van der Waals surface area (Å²) in [4.78, 5) is 30.7. The first-order valence-corrected chi connectivity index (χ1v) is 7.84. The molecule has 6 nitrogen and oxygen atoms in total. The van der Waals surface area contributed by atoms with Gasteiger partial charge in [0.1, 0.15) is 11.6 Å². The zero-order valence-corrected chi connectivity index (χ0v) is 13.6. The second-order valence-electron chi connectivity index (χ2n) is 6.08. The summed E-state index contributed by atoms with van der Waals surface area (Å²) < 4.78 is 7.14. The van der Waals surface area contributed by atoms with Crippen LogP contribution in [-0.4, -0.2) is 39.7 Å². The van der Waals surface area contributed by atoms with Crippen molar-refractivity contribution in [3.8, 4) is 0 Å². The molecule has 0 unspecified atom stereocenters. The molecule has 2 amide bonds. The van der Waals surface area contributed by atoms with Gasteiger partial charge in [0.15, 0.2) is 4.80 Å². The predicted molar refractivity (Wildman–Crippen MR) is 79.8 cm³/mol. The molecular formula is C14H21N3O3S. The summed E-state index contributed by atoms with van der Waals surface area (Å²) >= 11 is 1.40. The lowest BCUT2D eigenvalue weighted by Gasteiger charge is -2.27. The summed E-state index contributed by atoms with van der Waals surface area (Å²) in [5, 5.41) is 1.87. The molecule has 0 spiro atoms.